The van der Waals surface area contributed by atoms with E-state index in [9.17, 15) is 10.3 Å². The number of aliphatic hydroxyl groups excluding tert-OH is 1. The summed E-state index contributed by atoms with van der Waals surface area (Å²) in [5, 5.41) is 20.3. The third-order valence-corrected chi connectivity index (χ3v) is 2.22. The summed E-state index contributed by atoms with van der Waals surface area (Å²) < 4.78 is 0.945. The fraction of sp³-hybridized carbons (Fsp3) is 0.750. The number of allylic oxidation sites excluding steroid dienone is 2. The van der Waals surface area contributed by atoms with Gasteiger partial charge in [0.2, 0.25) is 0 Å². The van der Waals surface area contributed by atoms with Crippen molar-refractivity contribution in [2.75, 3.05) is 6.54 Å². The second-order valence-corrected chi connectivity index (χ2v) is 3.65. The first-order valence-electron chi connectivity index (χ1n) is 5.85. The summed E-state index contributed by atoms with van der Waals surface area (Å²) in [5.41, 5.74) is 0. The molecule has 0 aliphatic heterocycles. The van der Waals surface area contributed by atoms with E-state index in [-0.39, 0.29) is 0 Å². The van der Waals surface area contributed by atoms with Gasteiger partial charge in [0.15, 0.2) is 6.21 Å². The van der Waals surface area contributed by atoms with Crippen molar-refractivity contribution in [3.05, 3.63) is 17.0 Å². The molecule has 0 unspecified atom stereocenters. The molecular weight excluding hydrogens is 190 g/mol. The molecule has 1 N–H and O–H groups in total. The highest BCUT2D eigenvalue weighted by Crippen LogP contribution is 2.06. The summed E-state index contributed by atoms with van der Waals surface area (Å²) in [7, 11) is 0. The zero-order chi connectivity index (χ0) is 11.5. The van der Waals surface area contributed by atoms with Crippen molar-refractivity contribution in [1.82, 2.24) is 0 Å². The van der Waals surface area contributed by atoms with E-state index < -0.39 is 0 Å². The van der Waals surface area contributed by atoms with Gasteiger partial charge in [-0.1, -0.05) is 13.3 Å². The van der Waals surface area contributed by atoms with E-state index in [1.807, 2.05) is 13.0 Å². The zero-order valence-electron chi connectivity index (χ0n) is 9.91. The van der Waals surface area contributed by atoms with E-state index in [1.54, 1.807) is 6.21 Å². The Morgan fingerprint density at radius 1 is 1.27 bits per heavy atom. The minimum atomic E-state index is 0.492. The maximum Gasteiger partial charge on any atom is 0.150 e. The lowest BCUT2D eigenvalue weighted by molar-refractivity contribution is -0.449. The van der Waals surface area contributed by atoms with Crippen LogP contribution in [0.15, 0.2) is 11.8 Å². The second kappa shape index (κ2) is 9.56. The zero-order valence-corrected chi connectivity index (χ0v) is 9.91. The first kappa shape index (κ1) is 14.0. The van der Waals surface area contributed by atoms with E-state index in [2.05, 4.69) is 6.92 Å². The molecule has 3 heteroatoms. The Bertz CT molecular complexity index is 210. The number of hydrogen-bond donors (Lipinski definition) is 1. The average molecular weight is 213 g/mol. The summed E-state index contributed by atoms with van der Waals surface area (Å²) >= 11 is 0. The molecule has 0 heterocycles. The predicted molar refractivity (Wildman–Crippen MR) is 64.3 cm³/mol. The lowest BCUT2D eigenvalue weighted by Gasteiger charge is -1.99. The van der Waals surface area contributed by atoms with Gasteiger partial charge in [-0.3, -0.25) is 0 Å². The van der Waals surface area contributed by atoms with Crippen LogP contribution >= 0.6 is 0 Å². The van der Waals surface area contributed by atoms with Gasteiger partial charge in [0.25, 0.3) is 0 Å². The standard InChI is InChI=1S/C12H23NO2/c1-3-5-9-12(14)10-7-6-8-11-13(15)4-2/h10-11,14H,3-9H2,1-2H3/b12-10?,13-11-. The molecule has 88 valence electrons. The summed E-state index contributed by atoms with van der Waals surface area (Å²) in [6.07, 6.45) is 9.02. The number of unbranched alkanes of at least 4 members (excludes halogenated alkanes) is 3. The summed E-state index contributed by atoms with van der Waals surface area (Å²) in [5.74, 6) is 0.492. The highest BCUT2D eigenvalue weighted by molar-refractivity contribution is 5.51. The van der Waals surface area contributed by atoms with Crippen LogP contribution in [0.3, 0.4) is 0 Å². The summed E-state index contributed by atoms with van der Waals surface area (Å²) in [6, 6.07) is 0. The lowest BCUT2D eigenvalue weighted by Crippen LogP contribution is -2.02. The molecule has 0 aromatic heterocycles. The van der Waals surface area contributed by atoms with Gasteiger partial charge in [-0.05, 0) is 32.3 Å². The van der Waals surface area contributed by atoms with Gasteiger partial charge in [0.1, 0.15) is 6.54 Å². The van der Waals surface area contributed by atoms with Gasteiger partial charge < -0.3 is 10.3 Å². The molecule has 0 aliphatic carbocycles. The second-order valence-electron chi connectivity index (χ2n) is 3.65. The molecule has 0 spiro atoms. The number of aliphatic hydroxyl groups is 1. The van der Waals surface area contributed by atoms with Crippen LogP contribution in [0, 0.1) is 5.21 Å². The van der Waals surface area contributed by atoms with Crippen LogP contribution in [0.25, 0.3) is 0 Å². The number of nitrogens with zero attached hydrogens (tertiary/aromatic N) is 1. The molecule has 0 saturated carbocycles. The van der Waals surface area contributed by atoms with Crippen LogP contribution in [-0.2, 0) is 0 Å². The summed E-state index contributed by atoms with van der Waals surface area (Å²) in [4.78, 5) is 0. The monoisotopic (exact) mass is 213 g/mol. The van der Waals surface area contributed by atoms with Crippen LogP contribution in [0.1, 0.15) is 52.4 Å². The van der Waals surface area contributed by atoms with Crippen LogP contribution in [-0.4, -0.2) is 22.6 Å². The van der Waals surface area contributed by atoms with E-state index in [0.717, 1.165) is 43.3 Å². The molecule has 0 fully saturated rings. The number of rotatable bonds is 8. The average Bonchev–Trinajstić information content (AvgIpc) is 2.25. The van der Waals surface area contributed by atoms with Crippen molar-refractivity contribution >= 4 is 6.21 Å². The van der Waals surface area contributed by atoms with E-state index in [0.29, 0.717) is 12.3 Å². The molecule has 0 aliphatic rings. The number of hydrogen-bond acceptors (Lipinski definition) is 2. The topological polar surface area (TPSA) is 46.3 Å². The van der Waals surface area contributed by atoms with Crippen LogP contribution < -0.4 is 0 Å². The molecule has 0 aromatic rings. The van der Waals surface area contributed by atoms with E-state index in [1.165, 1.54) is 0 Å². The summed E-state index contributed by atoms with van der Waals surface area (Å²) in [6.45, 7) is 4.45. The maximum absolute atomic E-state index is 10.8. The molecular formula is C12H23NO2. The smallest absolute Gasteiger partial charge is 0.150 e. The Morgan fingerprint density at radius 2 is 2.00 bits per heavy atom. The van der Waals surface area contributed by atoms with Gasteiger partial charge in [-0.2, -0.15) is 0 Å². The van der Waals surface area contributed by atoms with Crippen LogP contribution in [0.2, 0.25) is 0 Å². The van der Waals surface area contributed by atoms with Gasteiger partial charge in [-0.15, -0.1) is 0 Å². The normalized spacial score (nSPS) is 13.2. The minimum absolute atomic E-state index is 0.492. The highest BCUT2D eigenvalue weighted by atomic mass is 16.5. The molecule has 0 radical (unpaired) electrons. The van der Waals surface area contributed by atoms with Gasteiger partial charge >= 0.3 is 0 Å². The van der Waals surface area contributed by atoms with Crippen molar-refractivity contribution in [2.24, 2.45) is 0 Å². The quantitative estimate of drug-likeness (QED) is 0.168. The molecule has 0 amide bonds. The fourth-order valence-electron chi connectivity index (χ4n) is 1.21. The Hall–Kier alpha value is -0.990. The predicted octanol–water partition coefficient (Wildman–Crippen LogP) is 3.39. The molecule has 0 aromatic carbocycles. The molecule has 3 nitrogen and oxygen atoms in total. The van der Waals surface area contributed by atoms with Gasteiger partial charge in [-0.25, -0.2) is 4.74 Å². The van der Waals surface area contributed by atoms with Crippen molar-refractivity contribution in [1.29, 1.82) is 0 Å². The lowest BCUT2D eigenvalue weighted by atomic mass is 10.2. The Labute approximate surface area is 92.7 Å². The molecule has 0 bridgehead atoms. The van der Waals surface area contributed by atoms with E-state index >= 15 is 0 Å². The Kier molecular flexibility index (Phi) is 8.93. The van der Waals surface area contributed by atoms with Gasteiger partial charge in [0.05, 0.1) is 5.76 Å². The molecule has 15 heavy (non-hydrogen) atoms. The van der Waals surface area contributed by atoms with Crippen molar-refractivity contribution in [3.8, 4) is 0 Å². The van der Waals surface area contributed by atoms with Gasteiger partial charge in [0, 0.05) is 12.8 Å². The van der Waals surface area contributed by atoms with E-state index in [4.69, 9.17) is 0 Å². The van der Waals surface area contributed by atoms with Crippen molar-refractivity contribution in [3.63, 3.8) is 0 Å². The maximum atomic E-state index is 10.8. The third-order valence-electron chi connectivity index (χ3n) is 2.22. The van der Waals surface area contributed by atoms with Crippen molar-refractivity contribution < 1.29 is 9.85 Å². The van der Waals surface area contributed by atoms with Crippen LogP contribution in [0.4, 0.5) is 0 Å². The van der Waals surface area contributed by atoms with Crippen LogP contribution in [0.5, 0.6) is 0 Å². The minimum Gasteiger partial charge on any atom is -0.624 e. The largest absolute Gasteiger partial charge is 0.624 e. The third kappa shape index (κ3) is 9.32. The first-order chi connectivity index (χ1) is 7.20. The molecule has 0 atom stereocenters. The Balaban J connectivity index is 3.51. The molecule has 0 saturated heterocycles. The number of hydroxylamine groups is 1. The fourth-order valence-corrected chi connectivity index (χ4v) is 1.21. The Morgan fingerprint density at radius 3 is 2.60 bits per heavy atom. The SMILES string of the molecule is CCCCC(O)=CCCC/C=[N+](\[O-])CC. The van der Waals surface area contributed by atoms with Crippen molar-refractivity contribution in [2.45, 2.75) is 52.4 Å². The molecule has 0 rings (SSSR count). The first-order valence-corrected chi connectivity index (χ1v) is 5.85. The highest BCUT2D eigenvalue weighted by Gasteiger charge is 1.93.